The van der Waals surface area contributed by atoms with Crippen LogP contribution in [0, 0.1) is 13.8 Å². The second-order valence-corrected chi connectivity index (χ2v) is 8.05. The third-order valence-electron chi connectivity index (χ3n) is 4.70. The average Bonchev–Trinajstić information content (AvgIpc) is 2.80. The molecule has 0 aliphatic heterocycles. The minimum absolute atomic E-state index is 0.159. The Morgan fingerprint density at radius 1 is 1.00 bits per heavy atom. The number of hydrogen-bond acceptors (Lipinski definition) is 6. The molecule has 0 aliphatic carbocycles. The number of rotatable bonds is 8. The normalized spacial score (nSPS) is 10.7. The zero-order valence-corrected chi connectivity index (χ0v) is 20.0. The van der Waals surface area contributed by atoms with E-state index in [2.05, 4.69) is 26.5 Å². The summed E-state index contributed by atoms with van der Waals surface area (Å²) in [5.41, 5.74) is 5.70. The summed E-state index contributed by atoms with van der Waals surface area (Å²) < 4.78 is 17.0. The molecule has 3 aromatic carbocycles. The van der Waals surface area contributed by atoms with Gasteiger partial charge in [-0.15, -0.1) is 0 Å². The molecule has 1 amide bonds. The Bertz CT molecular complexity index is 1190. The molecule has 0 fully saturated rings. The van der Waals surface area contributed by atoms with E-state index in [1.165, 1.54) is 13.3 Å². The van der Waals surface area contributed by atoms with Crippen molar-refractivity contribution in [3.8, 4) is 17.2 Å². The van der Waals surface area contributed by atoms with E-state index in [1.54, 1.807) is 36.4 Å². The number of hydrazone groups is 1. The van der Waals surface area contributed by atoms with Gasteiger partial charge >= 0.3 is 5.97 Å². The minimum atomic E-state index is -0.507. The molecular formula is C25H23BrN2O5. The Balaban J connectivity index is 1.56. The predicted molar refractivity (Wildman–Crippen MR) is 129 cm³/mol. The number of esters is 1. The molecule has 0 radical (unpaired) electrons. The molecule has 8 heteroatoms. The van der Waals surface area contributed by atoms with Crippen molar-refractivity contribution in [3.63, 3.8) is 0 Å². The summed E-state index contributed by atoms with van der Waals surface area (Å²) >= 11 is 3.33. The number of halogens is 1. The van der Waals surface area contributed by atoms with Gasteiger partial charge < -0.3 is 14.2 Å². The lowest BCUT2D eigenvalue weighted by Crippen LogP contribution is -2.24. The van der Waals surface area contributed by atoms with Gasteiger partial charge in [-0.2, -0.15) is 5.10 Å². The average molecular weight is 511 g/mol. The van der Waals surface area contributed by atoms with Crippen molar-refractivity contribution in [2.75, 3.05) is 13.7 Å². The maximum atomic E-state index is 12.4. The van der Waals surface area contributed by atoms with Gasteiger partial charge in [-0.25, -0.2) is 10.2 Å². The third-order valence-corrected chi connectivity index (χ3v) is 5.20. The maximum Gasteiger partial charge on any atom is 0.343 e. The number of aryl methyl sites for hydroxylation is 2. The maximum absolute atomic E-state index is 12.4. The van der Waals surface area contributed by atoms with Gasteiger partial charge in [0, 0.05) is 4.47 Å². The van der Waals surface area contributed by atoms with Gasteiger partial charge in [0.25, 0.3) is 5.91 Å². The van der Waals surface area contributed by atoms with E-state index < -0.39 is 11.9 Å². The number of nitrogens with one attached hydrogen (secondary N) is 1. The Morgan fingerprint density at radius 3 is 2.55 bits per heavy atom. The Labute approximate surface area is 200 Å². The second-order valence-electron chi connectivity index (χ2n) is 7.14. The molecule has 3 rings (SSSR count). The molecule has 0 aromatic heterocycles. The molecule has 0 aliphatic rings. The summed E-state index contributed by atoms with van der Waals surface area (Å²) in [7, 11) is 1.47. The third kappa shape index (κ3) is 6.92. The van der Waals surface area contributed by atoms with Crippen molar-refractivity contribution >= 4 is 34.0 Å². The zero-order chi connectivity index (χ0) is 23.8. The van der Waals surface area contributed by atoms with E-state index in [1.807, 2.05) is 38.1 Å². The van der Waals surface area contributed by atoms with Crippen LogP contribution in [0.15, 0.2) is 70.2 Å². The van der Waals surface area contributed by atoms with Crippen molar-refractivity contribution in [2.24, 2.45) is 5.10 Å². The molecule has 33 heavy (non-hydrogen) atoms. The van der Waals surface area contributed by atoms with Crippen LogP contribution in [0.4, 0.5) is 0 Å². The number of carbonyl (C=O) groups excluding carboxylic acids is 2. The Kier molecular flexibility index (Phi) is 8.21. The monoisotopic (exact) mass is 510 g/mol. The van der Waals surface area contributed by atoms with Crippen LogP contribution in [-0.4, -0.2) is 31.8 Å². The van der Waals surface area contributed by atoms with Crippen molar-refractivity contribution in [1.29, 1.82) is 0 Å². The topological polar surface area (TPSA) is 86.2 Å². The van der Waals surface area contributed by atoms with Crippen LogP contribution >= 0.6 is 15.9 Å². The molecule has 1 N–H and O–H groups in total. The van der Waals surface area contributed by atoms with Crippen molar-refractivity contribution in [1.82, 2.24) is 5.43 Å². The minimum Gasteiger partial charge on any atom is -0.493 e. The van der Waals surface area contributed by atoms with Crippen LogP contribution in [0.2, 0.25) is 0 Å². The first-order valence-electron chi connectivity index (χ1n) is 10.0. The number of benzene rings is 3. The first kappa shape index (κ1) is 24.0. The lowest BCUT2D eigenvalue weighted by molar-refractivity contribution is -0.123. The van der Waals surface area contributed by atoms with E-state index >= 15 is 0 Å². The van der Waals surface area contributed by atoms with Gasteiger partial charge in [-0.3, -0.25) is 4.79 Å². The SMILES string of the molecule is COc1cc(/C=N/NC(=O)COc2ccc(C)c(C)c2)ccc1OC(=O)c1cccc(Br)c1. The van der Waals surface area contributed by atoms with Crippen molar-refractivity contribution in [2.45, 2.75) is 13.8 Å². The van der Waals surface area contributed by atoms with Crippen LogP contribution in [0.3, 0.4) is 0 Å². The van der Waals surface area contributed by atoms with Gasteiger partial charge in [0.05, 0.1) is 18.9 Å². The predicted octanol–water partition coefficient (Wildman–Crippen LogP) is 4.82. The van der Waals surface area contributed by atoms with Crippen molar-refractivity contribution in [3.05, 3.63) is 87.4 Å². The molecule has 7 nitrogen and oxygen atoms in total. The number of hydrogen-bond donors (Lipinski definition) is 1. The van der Waals surface area contributed by atoms with Crippen LogP contribution in [-0.2, 0) is 4.79 Å². The number of nitrogens with zero attached hydrogens (tertiary/aromatic N) is 1. The lowest BCUT2D eigenvalue weighted by atomic mass is 10.1. The summed E-state index contributed by atoms with van der Waals surface area (Å²) in [6, 6.07) is 17.5. The summed E-state index contributed by atoms with van der Waals surface area (Å²) in [5.74, 6) is 0.343. The first-order valence-corrected chi connectivity index (χ1v) is 10.8. The van der Waals surface area contributed by atoms with Crippen LogP contribution < -0.4 is 19.6 Å². The van der Waals surface area contributed by atoms with Crippen LogP contribution in [0.1, 0.15) is 27.0 Å². The molecule has 0 spiro atoms. The number of amides is 1. The standard InChI is InChI=1S/C25H23BrN2O5/c1-16-7-9-21(11-17(16)2)32-15-24(29)28-27-14-18-8-10-22(23(12-18)31-3)33-25(30)19-5-4-6-20(26)13-19/h4-14H,15H2,1-3H3,(H,28,29)/b27-14+. The van der Waals surface area contributed by atoms with Gasteiger partial charge in [-0.1, -0.05) is 28.1 Å². The fraction of sp³-hybridized carbons (Fsp3) is 0.160. The van der Waals surface area contributed by atoms with Crippen LogP contribution in [0.25, 0.3) is 0 Å². The molecule has 170 valence electrons. The molecule has 0 heterocycles. The fourth-order valence-electron chi connectivity index (χ4n) is 2.79. The number of carbonyl (C=O) groups is 2. The lowest BCUT2D eigenvalue weighted by Gasteiger charge is -2.10. The van der Waals surface area contributed by atoms with E-state index in [4.69, 9.17) is 14.2 Å². The highest BCUT2D eigenvalue weighted by Gasteiger charge is 2.13. The van der Waals surface area contributed by atoms with E-state index in [0.717, 1.165) is 15.6 Å². The summed E-state index contributed by atoms with van der Waals surface area (Å²) in [5, 5.41) is 3.94. The quantitative estimate of drug-likeness (QED) is 0.203. The second kappa shape index (κ2) is 11.3. The first-order chi connectivity index (χ1) is 15.9. The van der Waals surface area contributed by atoms with Crippen LogP contribution in [0.5, 0.6) is 17.2 Å². The van der Waals surface area contributed by atoms with E-state index in [0.29, 0.717) is 22.6 Å². The van der Waals surface area contributed by atoms with Gasteiger partial charge in [0.2, 0.25) is 0 Å². The van der Waals surface area contributed by atoms with E-state index in [-0.39, 0.29) is 12.4 Å². The molecule has 3 aromatic rings. The largest absolute Gasteiger partial charge is 0.493 e. The van der Waals surface area contributed by atoms with Gasteiger partial charge in [0.15, 0.2) is 18.1 Å². The highest BCUT2D eigenvalue weighted by Crippen LogP contribution is 2.28. The van der Waals surface area contributed by atoms with Crippen molar-refractivity contribution < 1.29 is 23.8 Å². The smallest absolute Gasteiger partial charge is 0.343 e. The van der Waals surface area contributed by atoms with Gasteiger partial charge in [-0.05, 0) is 79.1 Å². The molecule has 0 bridgehead atoms. The summed E-state index contributed by atoms with van der Waals surface area (Å²) in [4.78, 5) is 24.4. The molecule has 0 atom stereocenters. The fourth-order valence-corrected chi connectivity index (χ4v) is 3.19. The Hall–Kier alpha value is -3.65. The molecule has 0 unspecified atom stereocenters. The number of ether oxygens (including phenoxy) is 3. The highest BCUT2D eigenvalue weighted by molar-refractivity contribution is 9.10. The number of methoxy groups -OCH3 is 1. The molecule has 0 saturated carbocycles. The zero-order valence-electron chi connectivity index (χ0n) is 18.4. The summed E-state index contributed by atoms with van der Waals surface area (Å²) in [6.45, 7) is 3.83. The molecular weight excluding hydrogens is 488 g/mol. The van der Waals surface area contributed by atoms with E-state index in [9.17, 15) is 9.59 Å². The van der Waals surface area contributed by atoms with Gasteiger partial charge in [0.1, 0.15) is 5.75 Å². The Morgan fingerprint density at radius 2 is 1.82 bits per heavy atom. The summed E-state index contributed by atoms with van der Waals surface area (Å²) in [6.07, 6.45) is 1.45. The highest BCUT2D eigenvalue weighted by atomic mass is 79.9. The molecule has 0 saturated heterocycles.